The molecule has 1 unspecified atom stereocenters. The third kappa shape index (κ3) is 4.50. The van der Waals surface area contributed by atoms with E-state index in [0.717, 1.165) is 13.1 Å². The lowest BCUT2D eigenvalue weighted by Gasteiger charge is -2.17. The largest absolute Gasteiger partial charge is 0.275 e. The van der Waals surface area contributed by atoms with E-state index in [1.54, 1.807) is 4.31 Å². The summed E-state index contributed by atoms with van der Waals surface area (Å²) in [5.41, 5.74) is 0. The van der Waals surface area contributed by atoms with Gasteiger partial charge in [-0.05, 0) is 13.8 Å². The average molecular weight is 179 g/mol. The second-order valence-corrected chi connectivity index (χ2v) is 3.62. The molecule has 0 aromatic carbocycles. The first-order valence-corrected chi connectivity index (χ1v) is 4.98. The molecule has 0 aromatic heterocycles. The van der Waals surface area contributed by atoms with Crippen LogP contribution in [0.5, 0.6) is 0 Å². The smallest absolute Gasteiger partial charge is 0.237 e. The highest BCUT2D eigenvalue weighted by Crippen LogP contribution is 2.00. The van der Waals surface area contributed by atoms with Crippen molar-refractivity contribution in [2.45, 2.75) is 33.8 Å². The number of hydrogen-bond donors (Lipinski definition) is 0. The summed E-state index contributed by atoms with van der Waals surface area (Å²) in [6.45, 7) is 9.20. The van der Waals surface area contributed by atoms with Gasteiger partial charge in [0.2, 0.25) is 11.3 Å². The number of hydrogen-bond acceptors (Lipinski definition) is 2. The molecular weight excluding hydrogens is 162 g/mol. The van der Waals surface area contributed by atoms with Crippen LogP contribution < -0.4 is 0 Å². The summed E-state index contributed by atoms with van der Waals surface area (Å²) < 4.78 is 18.1. The first-order valence-electron chi connectivity index (χ1n) is 3.95. The molecule has 11 heavy (non-hydrogen) atoms. The van der Waals surface area contributed by atoms with E-state index in [4.69, 9.17) is 4.18 Å². The highest BCUT2D eigenvalue weighted by Gasteiger charge is 2.10. The van der Waals surface area contributed by atoms with Crippen LogP contribution in [0.4, 0.5) is 0 Å². The molecule has 68 valence electrons. The van der Waals surface area contributed by atoms with Crippen LogP contribution >= 0.6 is 0 Å². The van der Waals surface area contributed by atoms with E-state index in [1.165, 1.54) is 0 Å². The molecule has 0 fully saturated rings. The molecule has 0 bridgehead atoms. The third-order valence-corrected chi connectivity index (χ3v) is 2.68. The first kappa shape index (κ1) is 11.1. The summed E-state index contributed by atoms with van der Waals surface area (Å²) in [7, 11) is 0. The summed E-state index contributed by atoms with van der Waals surface area (Å²) in [4.78, 5) is 0. The van der Waals surface area contributed by atoms with E-state index in [9.17, 15) is 4.21 Å². The minimum atomic E-state index is -1.25. The normalized spacial score (nSPS) is 14.4. The molecule has 0 radical (unpaired) electrons. The maximum Gasteiger partial charge on any atom is 0.237 e. The summed E-state index contributed by atoms with van der Waals surface area (Å²) in [6, 6.07) is 0. The summed E-state index contributed by atoms with van der Waals surface area (Å²) in [5, 5.41) is 0. The van der Waals surface area contributed by atoms with Gasteiger partial charge in [0.15, 0.2) is 0 Å². The average Bonchev–Trinajstić information content (AvgIpc) is 1.88. The highest BCUT2D eigenvalue weighted by molar-refractivity contribution is 7.77. The zero-order chi connectivity index (χ0) is 8.85. The van der Waals surface area contributed by atoms with Crippen LogP contribution in [0.25, 0.3) is 0 Å². The van der Waals surface area contributed by atoms with Gasteiger partial charge in [0.05, 0.1) is 6.10 Å². The molecule has 0 aliphatic carbocycles. The predicted molar refractivity (Wildman–Crippen MR) is 47.3 cm³/mol. The van der Waals surface area contributed by atoms with E-state index in [-0.39, 0.29) is 6.10 Å². The molecule has 4 heteroatoms. The molecule has 0 saturated heterocycles. The van der Waals surface area contributed by atoms with Gasteiger partial charge in [-0.15, -0.1) is 0 Å². The second-order valence-electron chi connectivity index (χ2n) is 2.48. The fourth-order valence-electron chi connectivity index (χ4n) is 0.660. The van der Waals surface area contributed by atoms with Crippen molar-refractivity contribution in [3.8, 4) is 0 Å². The minimum absolute atomic E-state index is 0.0245. The molecule has 0 heterocycles. The lowest BCUT2D eigenvalue weighted by atomic mass is 10.5. The zero-order valence-electron chi connectivity index (χ0n) is 7.66. The molecule has 0 spiro atoms. The monoisotopic (exact) mass is 179 g/mol. The third-order valence-electron chi connectivity index (χ3n) is 1.19. The predicted octanol–water partition coefficient (Wildman–Crippen LogP) is 1.33. The van der Waals surface area contributed by atoms with E-state index in [0.29, 0.717) is 0 Å². The van der Waals surface area contributed by atoms with Crippen molar-refractivity contribution >= 4 is 11.3 Å². The summed E-state index contributed by atoms with van der Waals surface area (Å²) in [6.07, 6.45) is 0.0245. The molecule has 0 amide bonds. The Labute approximate surface area is 71.5 Å². The summed E-state index contributed by atoms with van der Waals surface area (Å²) >= 11 is -1.25. The topological polar surface area (TPSA) is 29.5 Å². The molecule has 1 atom stereocenters. The van der Waals surface area contributed by atoms with Crippen molar-refractivity contribution in [1.29, 1.82) is 0 Å². The fraction of sp³-hybridized carbons (Fsp3) is 1.00. The summed E-state index contributed by atoms with van der Waals surface area (Å²) in [5.74, 6) is 0. The SMILES string of the molecule is CCN(CC)S(=O)OC(C)C. The van der Waals surface area contributed by atoms with E-state index >= 15 is 0 Å². The maximum absolute atomic E-state index is 11.2. The van der Waals surface area contributed by atoms with Crippen molar-refractivity contribution in [1.82, 2.24) is 4.31 Å². The van der Waals surface area contributed by atoms with Crippen LogP contribution in [0.2, 0.25) is 0 Å². The molecule has 0 rings (SSSR count). The fourth-order valence-corrected chi connectivity index (χ4v) is 1.53. The van der Waals surface area contributed by atoms with Crippen LogP contribution in [-0.2, 0) is 15.4 Å². The Morgan fingerprint density at radius 1 is 1.36 bits per heavy atom. The van der Waals surface area contributed by atoms with Gasteiger partial charge >= 0.3 is 0 Å². The van der Waals surface area contributed by atoms with Crippen molar-refractivity contribution in [3.05, 3.63) is 0 Å². The highest BCUT2D eigenvalue weighted by atomic mass is 32.2. The van der Waals surface area contributed by atoms with Gasteiger partial charge in [-0.2, -0.15) is 0 Å². The molecule has 0 aromatic rings. The van der Waals surface area contributed by atoms with Gasteiger partial charge < -0.3 is 0 Å². The van der Waals surface area contributed by atoms with Crippen LogP contribution in [0.1, 0.15) is 27.7 Å². The zero-order valence-corrected chi connectivity index (χ0v) is 8.48. The quantitative estimate of drug-likeness (QED) is 0.637. The number of nitrogens with zero attached hydrogens (tertiary/aromatic N) is 1. The van der Waals surface area contributed by atoms with Crippen LogP contribution in [0.15, 0.2) is 0 Å². The van der Waals surface area contributed by atoms with E-state index < -0.39 is 11.3 Å². The van der Waals surface area contributed by atoms with Crippen molar-refractivity contribution in [3.63, 3.8) is 0 Å². The van der Waals surface area contributed by atoms with Crippen molar-refractivity contribution < 1.29 is 8.39 Å². The van der Waals surface area contributed by atoms with Crippen LogP contribution in [0, 0.1) is 0 Å². The Morgan fingerprint density at radius 3 is 2.09 bits per heavy atom. The number of rotatable bonds is 5. The lowest BCUT2D eigenvalue weighted by Crippen LogP contribution is -2.28. The second kappa shape index (κ2) is 5.69. The molecule has 0 saturated carbocycles. The standard InChI is InChI=1S/C7H17NO2S/c1-5-8(6-2)11(9)10-7(3)4/h7H,5-6H2,1-4H3. The Kier molecular flexibility index (Phi) is 5.72. The van der Waals surface area contributed by atoms with Gasteiger partial charge in [0.25, 0.3) is 0 Å². The van der Waals surface area contributed by atoms with E-state index in [2.05, 4.69) is 0 Å². The van der Waals surface area contributed by atoms with Gasteiger partial charge in [-0.25, -0.2) is 8.51 Å². The van der Waals surface area contributed by atoms with E-state index in [1.807, 2.05) is 27.7 Å². The van der Waals surface area contributed by atoms with Crippen LogP contribution in [-0.4, -0.2) is 27.7 Å². The minimum Gasteiger partial charge on any atom is -0.275 e. The maximum atomic E-state index is 11.2. The molecular formula is C7H17NO2S. The Morgan fingerprint density at radius 2 is 1.82 bits per heavy atom. The first-order chi connectivity index (χ1) is 5.11. The van der Waals surface area contributed by atoms with Gasteiger partial charge in [-0.3, -0.25) is 4.18 Å². The molecule has 0 aliphatic rings. The van der Waals surface area contributed by atoms with Crippen LogP contribution in [0.3, 0.4) is 0 Å². The molecule has 3 nitrogen and oxygen atoms in total. The Hall–Kier alpha value is 0.0700. The molecule has 0 N–H and O–H groups in total. The lowest BCUT2D eigenvalue weighted by molar-refractivity contribution is 0.245. The van der Waals surface area contributed by atoms with Crippen molar-refractivity contribution in [2.24, 2.45) is 0 Å². The Bertz CT molecular complexity index is 124. The van der Waals surface area contributed by atoms with Gasteiger partial charge in [-0.1, -0.05) is 13.8 Å². The Balaban J connectivity index is 3.79. The van der Waals surface area contributed by atoms with Gasteiger partial charge in [0.1, 0.15) is 0 Å². The van der Waals surface area contributed by atoms with Gasteiger partial charge in [0, 0.05) is 13.1 Å². The van der Waals surface area contributed by atoms with Crippen molar-refractivity contribution in [2.75, 3.05) is 13.1 Å². The molecule has 0 aliphatic heterocycles.